The third-order valence-electron chi connectivity index (χ3n) is 5.72. The number of benzene rings is 2. The van der Waals surface area contributed by atoms with Crippen LogP contribution in [0.3, 0.4) is 0 Å². The van der Waals surface area contributed by atoms with Gasteiger partial charge in [-0.25, -0.2) is 4.79 Å². The van der Waals surface area contributed by atoms with Crippen LogP contribution in [-0.2, 0) is 16.0 Å². The Morgan fingerprint density at radius 2 is 1.87 bits per heavy atom. The van der Waals surface area contributed by atoms with Gasteiger partial charge in [-0.1, -0.05) is 32.4 Å². The number of carboxylic acid groups (broad SMARTS) is 1. The van der Waals surface area contributed by atoms with Crippen LogP contribution >= 0.6 is 0 Å². The molecule has 0 aliphatic carbocycles. The molecule has 0 radical (unpaired) electrons. The molecule has 2 N–H and O–H groups in total. The van der Waals surface area contributed by atoms with Crippen molar-refractivity contribution in [2.45, 2.75) is 39.0 Å². The first-order valence-corrected chi connectivity index (χ1v) is 10.5. The van der Waals surface area contributed by atoms with E-state index in [2.05, 4.69) is 18.0 Å². The van der Waals surface area contributed by atoms with Crippen molar-refractivity contribution in [1.82, 2.24) is 4.98 Å². The highest BCUT2D eigenvalue weighted by Crippen LogP contribution is 2.39. The number of nitrogens with one attached hydrogen (secondary N) is 1. The summed E-state index contributed by atoms with van der Waals surface area (Å²) in [5.74, 6) is -0.939. The first kappa shape index (κ1) is 22.4. The number of methoxy groups -OCH3 is 2. The molecule has 1 heterocycles. The van der Waals surface area contributed by atoms with Crippen molar-refractivity contribution in [3.05, 3.63) is 64.8 Å². The summed E-state index contributed by atoms with van der Waals surface area (Å²) in [5, 5.41) is 10.3. The van der Waals surface area contributed by atoms with Crippen LogP contribution in [0.5, 0.6) is 5.75 Å². The van der Waals surface area contributed by atoms with E-state index in [1.807, 2.05) is 24.4 Å². The summed E-state index contributed by atoms with van der Waals surface area (Å²) in [7, 11) is 2.96. The maximum atomic E-state index is 11.9. The van der Waals surface area contributed by atoms with Gasteiger partial charge in [-0.15, -0.1) is 0 Å². The zero-order valence-corrected chi connectivity index (χ0v) is 18.4. The summed E-state index contributed by atoms with van der Waals surface area (Å²) in [6.07, 6.45) is 4.36. The van der Waals surface area contributed by atoms with Crippen LogP contribution in [0.15, 0.2) is 42.6 Å². The standard InChI is InChI=1S/C25H29NO5/c1-5-6-18(19-9-8-17(25(29)31-4)13-23(19)30-3)21-14-26-22-10-7-16(12-20(21)22)11-15(2)24(27)28/h7-10,12-15,18,26H,5-6,11H2,1-4H3,(H,27,28). The van der Waals surface area contributed by atoms with E-state index in [0.29, 0.717) is 17.7 Å². The minimum absolute atomic E-state index is 0.0625. The lowest BCUT2D eigenvalue weighted by atomic mass is 9.86. The fourth-order valence-corrected chi connectivity index (χ4v) is 4.06. The number of carboxylic acids is 1. The van der Waals surface area contributed by atoms with E-state index < -0.39 is 17.9 Å². The number of fused-ring (bicyclic) bond motifs is 1. The van der Waals surface area contributed by atoms with Crippen LogP contribution in [0.25, 0.3) is 10.9 Å². The van der Waals surface area contributed by atoms with Gasteiger partial charge in [0.25, 0.3) is 0 Å². The van der Waals surface area contributed by atoms with E-state index in [1.54, 1.807) is 26.2 Å². The number of hydrogen-bond acceptors (Lipinski definition) is 4. The molecule has 6 nitrogen and oxygen atoms in total. The fourth-order valence-electron chi connectivity index (χ4n) is 4.06. The van der Waals surface area contributed by atoms with Gasteiger partial charge in [0, 0.05) is 28.6 Å². The van der Waals surface area contributed by atoms with Gasteiger partial charge in [0.1, 0.15) is 5.75 Å². The SMILES string of the molecule is CCCC(c1ccc(C(=O)OC)cc1OC)c1c[nH]c2ccc(CC(C)C(=O)O)cc12. The van der Waals surface area contributed by atoms with Crippen molar-refractivity contribution in [3.8, 4) is 5.75 Å². The van der Waals surface area contributed by atoms with Gasteiger partial charge in [-0.2, -0.15) is 0 Å². The van der Waals surface area contributed by atoms with E-state index in [4.69, 9.17) is 9.47 Å². The molecule has 0 saturated heterocycles. The molecule has 0 amide bonds. The van der Waals surface area contributed by atoms with Gasteiger partial charge in [0.2, 0.25) is 0 Å². The topological polar surface area (TPSA) is 88.6 Å². The van der Waals surface area contributed by atoms with Gasteiger partial charge in [-0.3, -0.25) is 4.79 Å². The molecule has 3 aromatic rings. The van der Waals surface area contributed by atoms with E-state index in [-0.39, 0.29) is 5.92 Å². The van der Waals surface area contributed by atoms with Crippen LogP contribution in [-0.4, -0.2) is 36.2 Å². The van der Waals surface area contributed by atoms with Gasteiger partial charge in [0.15, 0.2) is 0 Å². The van der Waals surface area contributed by atoms with Crippen molar-refractivity contribution in [2.24, 2.45) is 5.92 Å². The summed E-state index contributed by atoms with van der Waals surface area (Å²) in [5.41, 5.74) is 4.58. The molecule has 31 heavy (non-hydrogen) atoms. The number of rotatable bonds is 9. The van der Waals surface area contributed by atoms with Gasteiger partial charge in [-0.05, 0) is 48.2 Å². The second-order valence-corrected chi connectivity index (χ2v) is 7.86. The molecule has 2 unspecified atom stereocenters. The molecule has 0 fully saturated rings. The average molecular weight is 424 g/mol. The molecule has 0 spiro atoms. The Balaban J connectivity index is 2.07. The van der Waals surface area contributed by atoms with Crippen LogP contribution in [0, 0.1) is 5.92 Å². The summed E-state index contributed by atoms with van der Waals surface area (Å²) in [6.45, 7) is 3.86. The Kier molecular flexibility index (Phi) is 7.00. The Morgan fingerprint density at radius 3 is 2.52 bits per heavy atom. The Bertz CT molecular complexity index is 1080. The van der Waals surface area contributed by atoms with Crippen LogP contribution in [0.2, 0.25) is 0 Å². The Hall–Kier alpha value is -3.28. The normalized spacial score (nSPS) is 13.0. The molecule has 0 aliphatic rings. The molecule has 2 atom stereocenters. The fraction of sp³-hybridized carbons (Fsp3) is 0.360. The second-order valence-electron chi connectivity index (χ2n) is 7.86. The molecule has 164 valence electrons. The smallest absolute Gasteiger partial charge is 0.337 e. The highest BCUT2D eigenvalue weighted by molar-refractivity contribution is 5.90. The summed E-state index contributed by atoms with van der Waals surface area (Å²) in [4.78, 5) is 26.6. The first-order chi connectivity index (χ1) is 14.9. The van der Waals surface area contributed by atoms with Crippen molar-refractivity contribution >= 4 is 22.8 Å². The maximum absolute atomic E-state index is 11.9. The summed E-state index contributed by atoms with van der Waals surface area (Å²) < 4.78 is 10.5. The molecule has 2 aromatic carbocycles. The summed E-state index contributed by atoms with van der Waals surface area (Å²) in [6, 6.07) is 11.5. The van der Waals surface area contributed by atoms with Crippen LogP contribution < -0.4 is 4.74 Å². The molecule has 0 aliphatic heterocycles. The number of ether oxygens (including phenoxy) is 2. The van der Waals surface area contributed by atoms with Crippen LogP contribution in [0.1, 0.15) is 59.7 Å². The third kappa shape index (κ3) is 4.74. The summed E-state index contributed by atoms with van der Waals surface area (Å²) >= 11 is 0. The predicted octanol–water partition coefficient (Wildman–Crippen LogP) is 5.16. The van der Waals surface area contributed by atoms with E-state index in [0.717, 1.165) is 40.4 Å². The minimum Gasteiger partial charge on any atom is -0.496 e. The van der Waals surface area contributed by atoms with Gasteiger partial charge >= 0.3 is 11.9 Å². The van der Waals surface area contributed by atoms with Gasteiger partial charge < -0.3 is 19.6 Å². The minimum atomic E-state index is -0.798. The molecule has 6 heteroatoms. The van der Waals surface area contributed by atoms with Gasteiger partial charge in [0.05, 0.1) is 25.7 Å². The lowest BCUT2D eigenvalue weighted by Gasteiger charge is -2.20. The van der Waals surface area contributed by atoms with Crippen molar-refractivity contribution in [1.29, 1.82) is 0 Å². The lowest BCUT2D eigenvalue weighted by Crippen LogP contribution is -2.12. The number of carbonyl (C=O) groups excluding carboxylic acids is 1. The maximum Gasteiger partial charge on any atom is 0.337 e. The largest absolute Gasteiger partial charge is 0.496 e. The van der Waals surface area contributed by atoms with E-state index in [1.165, 1.54) is 7.11 Å². The highest BCUT2D eigenvalue weighted by atomic mass is 16.5. The third-order valence-corrected chi connectivity index (χ3v) is 5.72. The number of carbonyl (C=O) groups is 2. The number of aliphatic carboxylic acids is 1. The Labute approximate surface area is 182 Å². The van der Waals surface area contributed by atoms with E-state index >= 15 is 0 Å². The molecule has 1 aromatic heterocycles. The number of aromatic amines is 1. The number of esters is 1. The number of H-pyrrole nitrogens is 1. The first-order valence-electron chi connectivity index (χ1n) is 10.5. The molecule has 0 saturated carbocycles. The van der Waals surface area contributed by atoms with Crippen molar-refractivity contribution in [2.75, 3.05) is 14.2 Å². The second kappa shape index (κ2) is 9.69. The van der Waals surface area contributed by atoms with Crippen molar-refractivity contribution in [3.63, 3.8) is 0 Å². The molecular weight excluding hydrogens is 394 g/mol. The molecule has 0 bridgehead atoms. The van der Waals surface area contributed by atoms with E-state index in [9.17, 15) is 14.7 Å². The lowest BCUT2D eigenvalue weighted by molar-refractivity contribution is -0.141. The molecule has 3 rings (SSSR count). The number of hydrogen-bond donors (Lipinski definition) is 2. The van der Waals surface area contributed by atoms with Crippen LogP contribution in [0.4, 0.5) is 0 Å². The monoisotopic (exact) mass is 423 g/mol. The zero-order chi connectivity index (χ0) is 22.5. The predicted molar refractivity (Wildman–Crippen MR) is 120 cm³/mol. The number of aromatic nitrogens is 1. The zero-order valence-electron chi connectivity index (χ0n) is 18.4. The molecular formula is C25H29NO5. The van der Waals surface area contributed by atoms with Crippen molar-refractivity contribution < 1.29 is 24.2 Å². The Morgan fingerprint density at radius 1 is 1.10 bits per heavy atom. The highest BCUT2D eigenvalue weighted by Gasteiger charge is 2.23. The average Bonchev–Trinajstić information content (AvgIpc) is 3.19. The quantitative estimate of drug-likeness (QED) is 0.464.